The minimum absolute atomic E-state index is 0.0307. The van der Waals surface area contributed by atoms with Crippen molar-refractivity contribution in [2.24, 2.45) is 0 Å². The van der Waals surface area contributed by atoms with Gasteiger partial charge < -0.3 is 4.74 Å². The molecule has 2 rings (SSSR count). The average molecular weight is 318 g/mol. The minimum Gasteiger partial charge on any atom is -0.464 e. The molecule has 0 bridgehead atoms. The van der Waals surface area contributed by atoms with Crippen molar-refractivity contribution < 1.29 is 22.7 Å². The monoisotopic (exact) mass is 317 g/mol. The van der Waals surface area contributed by atoms with Gasteiger partial charge in [-0.15, -0.1) is 0 Å². The number of halogens is 4. The predicted molar refractivity (Wildman–Crippen MR) is 66.6 cm³/mol. The zero-order chi connectivity index (χ0) is 15.6. The number of pyridine rings is 1. The molecule has 0 saturated heterocycles. The molecule has 0 N–H and O–H groups in total. The first-order chi connectivity index (χ1) is 9.82. The van der Waals surface area contributed by atoms with E-state index in [4.69, 9.17) is 11.6 Å². The highest BCUT2D eigenvalue weighted by molar-refractivity contribution is 6.33. The Bertz CT molecular complexity index is 674. The van der Waals surface area contributed by atoms with Crippen molar-refractivity contribution >= 4 is 17.6 Å². The summed E-state index contributed by atoms with van der Waals surface area (Å²) in [5.74, 6) is -1.95. The van der Waals surface area contributed by atoms with Crippen LogP contribution in [-0.4, -0.2) is 28.0 Å². The predicted octanol–water partition coefficient (Wildman–Crippen LogP) is 3.00. The lowest BCUT2D eigenvalue weighted by atomic mass is 10.1. The molecule has 0 aromatic carbocycles. The van der Waals surface area contributed by atoms with Gasteiger partial charge in [0.05, 0.1) is 12.1 Å². The Morgan fingerprint density at radius 3 is 2.33 bits per heavy atom. The lowest BCUT2D eigenvalue weighted by molar-refractivity contribution is -0.144. The van der Waals surface area contributed by atoms with E-state index in [1.807, 2.05) is 0 Å². The van der Waals surface area contributed by atoms with Gasteiger partial charge in [0.1, 0.15) is 5.69 Å². The Kier molecular flexibility index (Phi) is 4.08. The summed E-state index contributed by atoms with van der Waals surface area (Å²) < 4.78 is 41.7. The zero-order valence-electron chi connectivity index (χ0n) is 10.5. The number of rotatable bonds is 2. The number of aromatic nitrogens is 3. The van der Waals surface area contributed by atoms with Gasteiger partial charge in [-0.05, 0) is 6.07 Å². The smallest absolute Gasteiger partial charge is 0.451 e. The van der Waals surface area contributed by atoms with Crippen LogP contribution in [0.2, 0.25) is 5.02 Å². The van der Waals surface area contributed by atoms with Crippen LogP contribution in [0, 0.1) is 0 Å². The third-order valence-electron chi connectivity index (χ3n) is 2.47. The topological polar surface area (TPSA) is 65.0 Å². The van der Waals surface area contributed by atoms with Crippen LogP contribution in [0.3, 0.4) is 0 Å². The molecule has 2 aromatic rings. The first kappa shape index (κ1) is 15.2. The number of methoxy groups -OCH3 is 1. The van der Waals surface area contributed by atoms with Gasteiger partial charge in [-0.1, -0.05) is 11.6 Å². The summed E-state index contributed by atoms with van der Waals surface area (Å²) in [6, 6.07) is 1.29. The summed E-state index contributed by atoms with van der Waals surface area (Å²) in [5, 5.41) is 0.144. The molecule has 21 heavy (non-hydrogen) atoms. The summed E-state index contributed by atoms with van der Waals surface area (Å²) in [4.78, 5) is 21.6. The number of nitrogens with zero attached hydrogens (tertiary/aromatic N) is 3. The lowest BCUT2D eigenvalue weighted by Gasteiger charge is -2.08. The molecule has 0 spiro atoms. The van der Waals surface area contributed by atoms with Crippen LogP contribution in [0.5, 0.6) is 0 Å². The Balaban J connectivity index is 2.44. The maximum atomic E-state index is 12.4. The summed E-state index contributed by atoms with van der Waals surface area (Å²) >= 11 is 5.92. The van der Waals surface area contributed by atoms with Crippen LogP contribution in [-0.2, 0) is 10.9 Å². The number of carbonyl (C=O) groups is 1. The van der Waals surface area contributed by atoms with E-state index < -0.39 is 18.0 Å². The number of alkyl halides is 3. The Morgan fingerprint density at radius 2 is 1.81 bits per heavy atom. The van der Waals surface area contributed by atoms with E-state index in [0.29, 0.717) is 0 Å². The SMILES string of the molecule is COC(=O)c1cc(-c2cnc(C(F)(F)F)nc2)c(Cl)cn1. The number of ether oxygens (including phenoxy) is 1. The summed E-state index contributed by atoms with van der Waals surface area (Å²) in [7, 11) is 1.18. The van der Waals surface area contributed by atoms with Crippen LogP contribution in [0.15, 0.2) is 24.7 Å². The van der Waals surface area contributed by atoms with E-state index in [1.165, 1.54) is 19.4 Å². The molecule has 2 heterocycles. The highest BCUT2D eigenvalue weighted by Crippen LogP contribution is 2.30. The van der Waals surface area contributed by atoms with E-state index in [0.717, 1.165) is 12.4 Å². The molecule has 0 aliphatic carbocycles. The molecule has 2 aromatic heterocycles. The zero-order valence-corrected chi connectivity index (χ0v) is 11.2. The van der Waals surface area contributed by atoms with Crippen LogP contribution in [0.1, 0.15) is 16.3 Å². The number of hydrogen-bond acceptors (Lipinski definition) is 5. The van der Waals surface area contributed by atoms with Crippen LogP contribution < -0.4 is 0 Å². The van der Waals surface area contributed by atoms with Crippen molar-refractivity contribution in [3.8, 4) is 11.1 Å². The van der Waals surface area contributed by atoms with E-state index in [2.05, 4.69) is 19.7 Å². The van der Waals surface area contributed by atoms with Crippen molar-refractivity contribution in [2.45, 2.75) is 6.18 Å². The van der Waals surface area contributed by atoms with Gasteiger partial charge in [0.15, 0.2) is 0 Å². The minimum atomic E-state index is -4.63. The third kappa shape index (κ3) is 3.27. The first-order valence-electron chi connectivity index (χ1n) is 5.46. The van der Waals surface area contributed by atoms with E-state index >= 15 is 0 Å². The summed E-state index contributed by atoms with van der Waals surface area (Å²) in [6.45, 7) is 0. The van der Waals surface area contributed by atoms with Gasteiger partial charge in [-0.3, -0.25) is 0 Å². The second kappa shape index (κ2) is 5.65. The highest BCUT2D eigenvalue weighted by atomic mass is 35.5. The van der Waals surface area contributed by atoms with Gasteiger partial charge >= 0.3 is 12.1 Å². The fourth-order valence-corrected chi connectivity index (χ4v) is 1.70. The third-order valence-corrected chi connectivity index (χ3v) is 2.77. The van der Waals surface area contributed by atoms with Gasteiger partial charge in [0.25, 0.3) is 0 Å². The van der Waals surface area contributed by atoms with Crippen LogP contribution >= 0.6 is 11.6 Å². The van der Waals surface area contributed by atoms with Gasteiger partial charge in [-0.2, -0.15) is 13.2 Å². The molecule has 0 fully saturated rings. The van der Waals surface area contributed by atoms with Crippen molar-refractivity contribution in [1.82, 2.24) is 15.0 Å². The summed E-state index contributed by atoms with van der Waals surface area (Å²) in [5.41, 5.74) is 0.471. The largest absolute Gasteiger partial charge is 0.464 e. The Morgan fingerprint density at radius 1 is 1.19 bits per heavy atom. The molecule has 5 nitrogen and oxygen atoms in total. The molecule has 0 unspecified atom stereocenters. The Labute approximate surface area is 121 Å². The fourth-order valence-electron chi connectivity index (χ4n) is 1.49. The molecule has 0 saturated carbocycles. The summed E-state index contributed by atoms with van der Waals surface area (Å²) in [6.07, 6.45) is -1.49. The van der Waals surface area contributed by atoms with Crippen molar-refractivity contribution in [3.05, 3.63) is 41.2 Å². The second-order valence-corrected chi connectivity index (χ2v) is 4.24. The standard InChI is InChI=1S/C12H7ClF3N3O2/c1-21-10(20)9-2-7(8(13)5-17-9)6-3-18-11(19-4-6)12(14,15)16/h2-5H,1H3. The number of carbonyl (C=O) groups excluding carboxylic acids is 1. The number of esters is 1. The maximum Gasteiger partial charge on any atom is 0.451 e. The molecule has 0 aliphatic rings. The molecule has 0 atom stereocenters. The van der Waals surface area contributed by atoms with E-state index in [-0.39, 0.29) is 21.8 Å². The van der Waals surface area contributed by atoms with E-state index in [9.17, 15) is 18.0 Å². The van der Waals surface area contributed by atoms with Gasteiger partial charge in [0, 0.05) is 29.7 Å². The lowest BCUT2D eigenvalue weighted by Crippen LogP contribution is -2.10. The molecular formula is C12H7ClF3N3O2. The van der Waals surface area contributed by atoms with E-state index in [1.54, 1.807) is 0 Å². The fraction of sp³-hybridized carbons (Fsp3) is 0.167. The average Bonchev–Trinajstić information content (AvgIpc) is 2.46. The molecule has 9 heteroatoms. The normalized spacial score (nSPS) is 11.3. The molecule has 110 valence electrons. The van der Waals surface area contributed by atoms with Crippen LogP contribution in [0.4, 0.5) is 13.2 Å². The van der Waals surface area contributed by atoms with Crippen LogP contribution in [0.25, 0.3) is 11.1 Å². The molecule has 0 radical (unpaired) electrons. The Hall–Kier alpha value is -2.22. The van der Waals surface area contributed by atoms with Gasteiger partial charge in [0.2, 0.25) is 5.82 Å². The van der Waals surface area contributed by atoms with Gasteiger partial charge in [-0.25, -0.2) is 19.7 Å². The van der Waals surface area contributed by atoms with Crippen molar-refractivity contribution in [1.29, 1.82) is 0 Å². The molecule has 0 aliphatic heterocycles. The highest BCUT2D eigenvalue weighted by Gasteiger charge is 2.34. The van der Waals surface area contributed by atoms with Crippen molar-refractivity contribution in [3.63, 3.8) is 0 Å². The molecular weight excluding hydrogens is 311 g/mol. The van der Waals surface area contributed by atoms with Crippen molar-refractivity contribution in [2.75, 3.05) is 7.11 Å². The maximum absolute atomic E-state index is 12.4. The number of hydrogen-bond donors (Lipinski definition) is 0. The second-order valence-electron chi connectivity index (χ2n) is 3.83. The molecule has 0 amide bonds. The first-order valence-corrected chi connectivity index (χ1v) is 5.84. The quantitative estimate of drug-likeness (QED) is 0.797.